The molecule has 0 bridgehead atoms. The van der Waals surface area contributed by atoms with E-state index < -0.39 is 11.6 Å². The molecule has 0 saturated heterocycles. The maximum absolute atomic E-state index is 13.9. The summed E-state index contributed by atoms with van der Waals surface area (Å²) in [6.07, 6.45) is 0.771. The molecule has 0 amide bonds. The Labute approximate surface area is 148 Å². The lowest BCUT2D eigenvalue weighted by Crippen LogP contribution is -2.23. The van der Waals surface area contributed by atoms with Crippen LogP contribution < -0.4 is 5.32 Å². The fraction of sp³-hybridized carbons (Fsp3) is 0.278. The summed E-state index contributed by atoms with van der Waals surface area (Å²) < 4.78 is 27.3. The van der Waals surface area contributed by atoms with Gasteiger partial charge < -0.3 is 5.32 Å². The largest absolute Gasteiger partial charge is 0.303 e. The standard InChI is InChI=1S/C18H18F2N2S2/c1-11-12(2)24-18(22-11)16(8-13-6-7-23-10-13)21-9-14-4-3-5-15(19)17(14)20/h3-7,10,16,21H,8-9H2,1-2H3/t16-/m1/s1. The monoisotopic (exact) mass is 364 g/mol. The molecule has 0 aliphatic rings. The number of nitrogens with zero attached hydrogens (tertiary/aromatic N) is 1. The van der Waals surface area contributed by atoms with E-state index in [1.807, 2.05) is 19.2 Å². The van der Waals surface area contributed by atoms with Gasteiger partial charge in [0.2, 0.25) is 0 Å². The number of aromatic nitrogens is 1. The molecule has 1 N–H and O–H groups in total. The summed E-state index contributed by atoms with van der Waals surface area (Å²) in [7, 11) is 0. The Balaban J connectivity index is 1.80. The molecule has 0 unspecified atom stereocenters. The molecule has 0 saturated carbocycles. The van der Waals surface area contributed by atoms with Crippen LogP contribution in [0.25, 0.3) is 0 Å². The Morgan fingerprint density at radius 2 is 2.04 bits per heavy atom. The topological polar surface area (TPSA) is 24.9 Å². The molecule has 1 aromatic carbocycles. The van der Waals surface area contributed by atoms with Crippen LogP contribution in [0.2, 0.25) is 0 Å². The quantitative estimate of drug-likeness (QED) is 0.652. The van der Waals surface area contributed by atoms with Gasteiger partial charge in [-0.2, -0.15) is 11.3 Å². The number of hydrogen-bond donors (Lipinski definition) is 1. The highest BCUT2D eigenvalue weighted by Crippen LogP contribution is 2.27. The predicted molar refractivity (Wildman–Crippen MR) is 95.5 cm³/mol. The Morgan fingerprint density at radius 1 is 1.21 bits per heavy atom. The second kappa shape index (κ2) is 7.51. The minimum absolute atomic E-state index is 0.0281. The van der Waals surface area contributed by atoms with Crippen molar-refractivity contribution in [3.63, 3.8) is 0 Å². The van der Waals surface area contributed by atoms with Crippen LogP contribution in [0.15, 0.2) is 35.0 Å². The third-order valence-electron chi connectivity index (χ3n) is 3.93. The highest BCUT2D eigenvalue weighted by Gasteiger charge is 2.18. The van der Waals surface area contributed by atoms with E-state index in [1.165, 1.54) is 16.5 Å². The maximum Gasteiger partial charge on any atom is 0.163 e. The van der Waals surface area contributed by atoms with Gasteiger partial charge in [-0.25, -0.2) is 13.8 Å². The van der Waals surface area contributed by atoms with Crippen LogP contribution in [0.4, 0.5) is 8.78 Å². The highest BCUT2D eigenvalue weighted by molar-refractivity contribution is 7.11. The summed E-state index contributed by atoms with van der Waals surface area (Å²) in [5.74, 6) is -1.60. The lowest BCUT2D eigenvalue weighted by Gasteiger charge is -2.16. The zero-order valence-corrected chi connectivity index (χ0v) is 15.1. The smallest absolute Gasteiger partial charge is 0.163 e. The maximum atomic E-state index is 13.9. The van der Waals surface area contributed by atoms with Crippen LogP contribution in [-0.2, 0) is 13.0 Å². The molecular weight excluding hydrogens is 346 g/mol. The average Bonchev–Trinajstić information content (AvgIpc) is 3.18. The molecular formula is C18H18F2N2S2. The molecule has 6 heteroatoms. The van der Waals surface area contributed by atoms with E-state index in [0.717, 1.165) is 23.2 Å². The highest BCUT2D eigenvalue weighted by atomic mass is 32.1. The van der Waals surface area contributed by atoms with E-state index in [1.54, 1.807) is 28.7 Å². The van der Waals surface area contributed by atoms with Crippen molar-refractivity contribution in [3.8, 4) is 0 Å². The summed E-state index contributed by atoms with van der Waals surface area (Å²) >= 11 is 3.30. The van der Waals surface area contributed by atoms with Gasteiger partial charge in [0.25, 0.3) is 0 Å². The molecule has 126 valence electrons. The minimum Gasteiger partial charge on any atom is -0.303 e. The van der Waals surface area contributed by atoms with Crippen LogP contribution in [0.1, 0.15) is 32.7 Å². The van der Waals surface area contributed by atoms with Crippen molar-refractivity contribution < 1.29 is 8.78 Å². The SMILES string of the molecule is Cc1nc([C@@H](Cc2ccsc2)NCc2cccc(F)c2F)sc1C. The van der Waals surface area contributed by atoms with Crippen molar-refractivity contribution >= 4 is 22.7 Å². The number of halogens is 2. The lowest BCUT2D eigenvalue weighted by molar-refractivity contribution is 0.476. The van der Waals surface area contributed by atoms with Crippen LogP contribution in [0.3, 0.4) is 0 Å². The van der Waals surface area contributed by atoms with Crippen molar-refractivity contribution in [2.24, 2.45) is 0 Å². The van der Waals surface area contributed by atoms with Crippen LogP contribution in [-0.4, -0.2) is 4.98 Å². The van der Waals surface area contributed by atoms with Crippen LogP contribution in [0.5, 0.6) is 0 Å². The first-order chi connectivity index (χ1) is 11.5. The molecule has 2 nitrogen and oxygen atoms in total. The van der Waals surface area contributed by atoms with Gasteiger partial charge in [0.15, 0.2) is 11.6 Å². The second-order valence-electron chi connectivity index (χ2n) is 5.68. The summed E-state index contributed by atoms with van der Waals surface area (Å²) in [5.41, 5.74) is 2.56. The van der Waals surface area contributed by atoms with Crippen molar-refractivity contribution in [1.29, 1.82) is 0 Å². The van der Waals surface area contributed by atoms with Crippen LogP contribution in [0, 0.1) is 25.5 Å². The average molecular weight is 364 g/mol. The molecule has 1 atom stereocenters. The molecule has 0 aliphatic carbocycles. The number of thiophene rings is 1. The molecule has 0 fully saturated rings. The number of rotatable bonds is 6. The number of benzene rings is 1. The number of aryl methyl sites for hydroxylation is 2. The fourth-order valence-corrected chi connectivity index (χ4v) is 4.14. The van der Waals surface area contributed by atoms with Gasteiger partial charge in [-0.15, -0.1) is 11.3 Å². The van der Waals surface area contributed by atoms with E-state index in [0.29, 0.717) is 5.56 Å². The number of nitrogens with one attached hydrogen (secondary N) is 1. The van der Waals surface area contributed by atoms with Crippen molar-refractivity contribution in [2.45, 2.75) is 32.9 Å². The molecule has 0 radical (unpaired) electrons. The Kier molecular flexibility index (Phi) is 5.38. The normalized spacial score (nSPS) is 12.5. The van der Waals surface area contributed by atoms with E-state index >= 15 is 0 Å². The third-order valence-corrected chi connectivity index (χ3v) is 5.85. The van der Waals surface area contributed by atoms with E-state index in [-0.39, 0.29) is 12.6 Å². The van der Waals surface area contributed by atoms with Crippen molar-refractivity contribution in [1.82, 2.24) is 10.3 Å². The zero-order valence-electron chi connectivity index (χ0n) is 13.5. The fourth-order valence-electron chi connectivity index (χ4n) is 2.46. The van der Waals surface area contributed by atoms with Gasteiger partial charge in [-0.3, -0.25) is 0 Å². The summed E-state index contributed by atoms with van der Waals surface area (Å²) in [6.45, 7) is 4.30. The summed E-state index contributed by atoms with van der Waals surface area (Å²) in [6, 6.07) is 6.32. The Bertz CT molecular complexity index is 793. The van der Waals surface area contributed by atoms with E-state index in [2.05, 4.69) is 21.7 Å². The predicted octanol–water partition coefficient (Wildman–Crippen LogP) is 5.17. The molecule has 2 heterocycles. The van der Waals surface area contributed by atoms with E-state index in [9.17, 15) is 8.78 Å². The molecule has 3 aromatic rings. The summed E-state index contributed by atoms with van der Waals surface area (Å²) in [4.78, 5) is 5.81. The molecule has 24 heavy (non-hydrogen) atoms. The molecule has 0 aliphatic heterocycles. The molecule has 2 aromatic heterocycles. The first kappa shape index (κ1) is 17.2. The van der Waals surface area contributed by atoms with Gasteiger partial charge in [0.1, 0.15) is 5.01 Å². The number of hydrogen-bond acceptors (Lipinski definition) is 4. The van der Waals surface area contributed by atoms with Gasteiger partial charge in [0, 0.05) is 17.0 Å². The van der Waals surface area contributed by atoms with Crippen molar-refractivity contribution in [3.05, 3.63) is 73.4 Å². The first-order valence-electron chi connectivity index (χ1n) is 7.66. The summed E-state index contributed by atoms with van der Waals surface area (Å²) in [5, 5.41) is 8.47. The van der Waals surface area contributed by atoms with Gasteiger partial charge in [-0.05, 0) is 48.7 Å². The van der Waals surface area contributed by atoms with Crippen LogP contribution >= 0.6 is 22.7 Å². The van der Waals surface area contributed by atoms with Gasteiger partial charge in [0.05, 0.1) is 11.7 Å². The zero-order chi connectivity index (χ0) is 17.1. The minimum atomic E-state index is -0.815. The first-order valence-corrected chi connectivity index (χ1v) is 9.42. The van der Waals surface area contributed by atoms with E-state index in [4.69, 9.17) is 0 Å². The second-order valence-corrected chi connectivity index (χ2v) is 7.69. The van der Waals surface area contributed by atoms with Crippen molar-refractivity contribution in [2.75, 3.05) is 0 Å². The lowest BCUT2D eigenvalue weighted by atomic mass is 10.1. The van der Waals surface area contributed by atoms with Gasteiger partial charge >= 0.3 is 0 Å². The molecule has 0 spiro atoms. The molecule has 3 rings (SSSR count). The Hall–Kier alpha value is -1.63. The van der Waals surface area contributed by atoms with Gasteiger partial charge in [-0.1, -0.05) is 12.1 Å². The Morgan fingerprint density at radius 3 is 2.71 bits per heavy atom. The number of thiazole rings is 1. The third kappa shape index (κ3) is 3.88.